The molecule has 0 spiro atoms. The number of nitrogens with one attached hydrogen (secondary N) is 1. The molecule has 0 saturated heterocycles. The molecule has 0 saturated carbocycles. The molecular weight excluding hydrogens is 452 g/mol. The van der Waals surface area contributed by atoms with E-state index in [1.165, 1.54) is 0 Å². The average Bonchev–Trinajstić information content (AvgIpc) is 3.32. The van der Waals surface area contributed by atoms with Crippen LogP contribution in [0.3, 0.4) is 0 Å². The van der Waals surface area contributed by atoms with Crippen LogP contribution >= 0.6 is 11.6 Å². The van der Waals surface area contributed by atoms with Crippen LogP contribution in [0.5, 0.6) is 23.0 Å². The maximum Gasteiger partial charge on any atom is 0.239 e. The van der Waals surface area contributed by atoms with Crippen molar-refractivity contribution >= 4 is 34.3 Å². The first-order valence-corrected chi connectivity index (χ1v) is 11.1. The highest BCUT2D eigenvalue weighted by Crippen LogP contribution is 2.35. The summed E-state index contributed by atoms with van der Waals surface area (Å²) >= 11 is 5.58. The van der Waals surface area contributed by atoms with Crippen molar-refractivity contribution in [1.82, 2.24) is 4.98 Å². The van der Waals surface area contributed by atoms with Gasteiger partial charge < -0.3 is 19.2 Å². The van der Waals surface area contributed by atoms with Gasteiger partial charge in [-0.2, -0.15) is 0 Å². The van der Waals surface area contributed by atoms with Crippen molar-refractivity contribution in [3.8, 4) is 34.3 Å². The molecule has 2 aromatic heterocycles. The van der Waals surface area contributed by atoms with Gasteiger partial charge in [-0.1, -0.05) is 30.3 Å². The Kier molecular flexibility index (Phi) is 6.14. The molecule has 168 valence electrons. The second-order valence-electron chi connectivity index (χ2n) is 7.39. The Morgan fingerprint density at radius 1 is 0.853 bits per heavy atom. The Bertz CT molecular complexity index is 1430. The fraction of sp³-hybridized carbons (Fsp3) is 0.0370. The van der Waals surface area contributed by atoms with Gasteiger partial charge in [0.15, 0.2) is 11.3 Å². The number of carbonyl (C=O) groups excluding carboxylic acids is 1. The van der Waals surface area contributed by atoms with Crippen LogP contribution in [0, 0.1) is 0 Å². The number of nitrogens with zero attached hydrogens (tertiary/aromatic N) is 1. The summed E-state index contributed by atoms with van der Waals surface area (Å²) in [5, 5.41) is 2.74. The van der Waals surface area contributed by atoms with Gasteiger partial charge in [0.25, 0.3) is 0 Å². The van der Waals surface area contributed by atoms with Crippen LogP contribution in [0.15, 0.2) is 102 Å². The lowest BCUT2D eigenvalue weighted by Crippen LogP contribution is -2.12. The predicted octanol–water partition coefficient (Wildman–Crippen LogP) is 7.26. The topological polar surface area (TPSA) is 73.6 Å². The SMILES string of the molecule is O=C(CCl)Nc1cccc(-c2cc3nccc(Oc4ccc(Oc5ccccc5)cc4)c3o2)c1. The fourth-order valence-corrected chi connectivity index (χ4v) is 3.48. The third-order valence-corrected chi connectivity index (χ3v) is 5.20. The number of ether oxygens (including phenoxy) is 2. The number of para-hydroxylation sites is 1. The lowest BCUT2D eigenvalue weighted by Gasteiger charge is -2.08. The number of pyridine rings is 1. The molecule has 0 radical (unpaired) electrons. The number of rotatable bonds is 7. The molecule has 5 aromatic rings. The third kappa shape index (κ3) is 4.87. The van der Waals surface area contributed by atoms with Crippen molar-refractivity contribution in [3.63, 3.8) is 0 Å². The largest absolute Gasteiger partial charge is 0.457 e. The van der Waals surface area contributed by atoms with Crippen molar-refractivity contribution in [3.05, 3.63) is 97.2 Å². The number of halogens is 1. The number of furan rings is 1. The van der Waals surface area contributed by atoms with Gasteiger partial charge in [-0.25, -0.2) is 0 Å². The van der Waals surface area contributed by atoms with Gasteiger partial charge in [-0.3, -0.25) is 9.78 Å². The third-order valence-electron chi connectivity index (χ3n) is 4.96. The van der Waals surface area contributed by atoms with Crippen molar-refractivity contribution in [2.75, 3.05) is 11.2 Å². The van der Waals surface area contributed by atoms with Crippen molar-refractivity contribution in [2.45, 2.75) is 0 Å². The summed E-state index contributed by atoms with van der Waals surface area (Å²) in [6.07, 6.45) is 1.67. The Morgan fingerprint density at radius 2 is 1.59 bits per heavy atom. The maximum atomic E-state index is 11.6. The Balaban J connectivity index is 1.37. The molecule has 1 amide bonds. The zero-order valence-corrected chi connectivity index (χ0v) is 18.7. The smallest absolute Gasteiger partial charge is 0.239 e. The Labute approximate surface area is 200 Å². The van der Waals surface area contributed by atoms with Crippen LogP contribution in [0.25, 0.3) is 22.4 Å². The first kappa shape index (κ1) is 21.6. The molecule has 0 atom stereocenters. The van der Waals surface area contributed by atoms with E-state index in [1.54, 1.807) is 18.3 Å². The molecular formula is C27H19ClN2O4. The number of hydrogen-bond acceptors (Lipinski definition) is 5. The summed E-state index contributed by atoms with van der Waals surface area (Å²) in [6.45, 7) is 0. The van der Waals surface area contributed by atoms with Gasteiger partial charge in [0.05, 0.1) is 0 Å². The Hall–Kier alpha value is -4.29. The summed E-state index contributed by atoms with van der Waals surface area (Å²) < 4.78 is 18.0. The molecule has 2 heterocycles. The summed E-state index contributed by atoms with van der Waals surface area (Å²) in [5.74, 6) is 2.87. The van der Waals surface area contributed by atoms with E-state index >= 15 is 0 Å². The fourth-order valence-electron chi connectivity index (χ4n) is 3.41. The number of hydrogen-bond donors (Lipinski definition) is 1. The molecule has 0 aliphatic carbocycles. The number of anilines is 1. The normalized spacial score (nSPS) is 10.7. The standard InChI is InChI=1S/C27H19ClN2O4/c28-17-26(31)30-19-6-4-5-18(15-19)25-16-23-27(34-25)24(13-14-29-23)33-22-11-9-21(10-12-22)32-20-7-2-1-3-8-20/h1-16H,17H2,(H,30,31). The first-order chi connectivity index (χ1) is 16.7. The number of aromatic nitrogens is 1. The van der Waals surface area contributed by atoms with E-state index < -0.39 is 0 Å². The van der Waals surface area contributed by atoms with Gasteiger partial charge in [-0.05, 0) is 48.5 Å². The highest BCUT2D eigenvalue weighted by Gasteiger charge is 2.13. The summed E-state index contributed by atoms with van der Waals surface area (Å²) in [6, 6.07) is 27.8. The van der Waals surface area contributed by atoms with Crippen molar-refractivity contribution in [1.29, 1.82) is 0 Å². The number of alkyl halides is 1. The molecule has 7 heteroatoms. The average molecular weight is 471 g/mol. The minimum atomic E-state index is -0.277. The minimum absolute atomic E-state index is 0.112. The van der Waals surface area contributed by atoms with Crippen molar-refractivity contribution in [2.24, 2.45) is 0 Å². The van der Waals surface area contributed by atoms with Gasteiger partial charge in [0.2, 0.25) is 5.91 Å². The lowest BCUT2D eigenvalue weighted by atomic mass is 10.1. The molecule has 6 nitrogen and oxygen atoms in total. The number of benzene rings is 3. The lowest BCUT2D eigenvalue weighted by molar-refractivity contribution is -0.113. The Morgan fingerprint density at radius 3 is 2.35 bits per heavy atom. The number of amides is 1. The maximum absolute atomic E-state index is 11.6. The minimum Gasteiger partial charge on any atom is -0.457 e. The molecule has 5 rings (SSSR count). The van der Waals surface area contributed by atoms with E-state index in [0.29, 0.717) is 39.8 Å². The molecule has 0 bridgehead atoms. The summed E-state index contributed by atoms with van der Waals surface area (Å²) in [7, 11) is 0. The van der Waals surface area contributed by atoms with E-state index in [4.69, 9.17) is 25.5 Å². The van der Waals surface area contributed by atoms with Crippen LogP contribution in [0.1, 0.15) is 0 Å². The molecule has 0 unspecified atom stereocenters. The number of carbonyl (C=O) groups is 1. The van der Waals surface area contributed by atoms with E-state index in [1.807, 2.05) is 78.9 Å². The summed E-state index contributed by atoms with van der Waals surface area (Å²) in [5.41, 5.74) is 2.61. The highest BCUT2D eigenvalue weighted by molar-refractivity contribution is 6.29. The van der Waals surface area contributed by atoms with E-state index in [2.05, 4.69) is 10.3 Å². The second-order valence-corrected chi connectivity index (χ2v) is 7.65. The van der Waals surface area contributed by atoms with E-state index in [0.717, 1.165) is 11.3 Å². The zero-order valence-electron chi connectivity index (χ0n) is 17.9. The molecule has 3 aromatic carbocycles. The van der Waals surface area contributed by atoms with E-state index in [9.17, 15) is 4.79 Å². The van der Waals surface area contributed by atoms with Crippen molar-refractivity contribution < 1.29 is 18.7 Å². The highest BCUT2D eigenvalue weighted by atomic mass is 35.5. The molecule has 0 fully saturated rings. The zero-order chi connectivity index (χ0) is 23.3. The predicted molar refractivity (Wildman–Crippen MR) is 132 cm³/mol. The van der Waals surface area contributed by atoms with Gasteiger partial charge in [0, 0.05) is 29.6 Å². The van der Waals surface area contributed by atoms with Gasteiger partial charge in [-0.15, -0.1) is 11.6 Å². The van der Waals surface area contributed by atoms with Crippen LogP contribution in [-0.4, -0.2) is 16.8 Å². The quantitative estimate of drug-likeness (QED) is 0.253. The van der Waals surface area contributed by atoms with Crippen LogP contribution in [0.4, 0.5) is 5.69 Å². The van der Waals surface area contributed by atoms with E-state index in [-0.39, 0.29) is 11.8 Å². The summed E-state index contributed by atoms with van der Waals surface area (Å²) in [4.78, 5) is 16.0. The molecule has 1 N–H and O–H groups in total. The first-order valence-electron chi connectivity index (χ1n) is 10.5. The molecule has 0 aliphatic rings. The molecule has 0 aliphatic heterocycles. The van der Waals surface area contributed by atoms with Gasteiger partial charge >= 0.3 is 0 Å². The molecule has 34 heavy (non-hydrogen) atoms. The van der Waals surface area contributed by atoms with Gasteiger partial charge in [0.1, 0.15) is 34.4 Å². The second kappa shape index (κ2) is 9.68. The number of fused-ring (bicyclic) bond motifs is 1. The monoisotopic (exact) mass is 470 g/mol. The van der Waals surface area contributed by atoms with Crippen LogP contribution < -0.4 is 14.8 Å². The van der Waals surface area contributed by atoms with Crippen LogP contribution in [0.2, 0.25) is 0 Å². The van der Waals surface area contributed by atoms with Crippen LogP contribution in [-0.2, 0) is 4.79 Å².